The maximum atomic E-state index is 12.9. The third-order valence-electron chi connectivity index (χ3n) is 5.81. The Labute approximate surface area is 172 Å². The highest BCUT2D eigenvalue weighted by Crippen LogP contribution is 2.54. The first-order chi connectivity index (χ1) is 13.6. The lowest BCUT2D eigenvalue weighted by molar-refractivity contribution is -0.168. The number of β-lactam (4-membered cyclic amide) rings is 1. The van der Waals surface area contributed by atoms with Gasteiger partial charge in [0.1, 0.15) is 23.0 Å². The molecule has 2 fully saturated rings. The maximum Gasteiger partial charge on any atom is 0.327 e. The molecule has 0 radical (unpaired) electrons. The minimum atomic E-state index is -1.18. The number of carboxylic acid groups (broad SMARTS) is 1. The number of nitrogens with two attached hydrogens (primary N) is 1. The van der Waals surface area contributed by atoms with Crippen LogP contribution in [0.4, 0.5) is 0 Å². The minimum absolute atomic E-state index is 0.396. The predicted molar refractivity (Wildman–Crippen MR) is 111 cm³/mol. The van der Waals surface area contributed by atoms with Crippen LogP contribution >= 0.6 is 11.8 Å². The number of rotatable bonds is 4. The molecule has 152 valence electrons. The van der Waals surface area contributed by atoms with Crippen molar-refractivity contribution in [1.82, 2.24) is 10.2 Å². The summed E-state index contributed by atoms with van der Waals surface area (Å²) in [5, 5.41) is 13.9. The molecule has 4 N–H and O–H groups in total. The maximum absolute atomic E-state index is 12.9. The Hall–Kier alpha value is -2.58. The van der Waals surface area contributed by atoms with Crippen LogP contribution in [0.3, 0.4) is 0 Å². The van der Waals surface area contributed by atoms with Crippen LogP contribution in [0, 0.1) is 0 Å². The van der Waals surface area contributed by atoms with Gasteiger partial charge in [-0.3, -0.25) is 9.59 Å². The Kier molecular flexibility index (Phi) is 4.40. The monoisotopic (exact) mass is 413 g/mol. The van der Waals surface area contributed by atoms with E-state index in [1.54, 1.807) is 26.8 Å². The average molecular weight is 413 g/mol. The fourth-order valence-corrected chi connectivity index (χ4v) is 5.87. The van der Waals surface area contributed by atoms with Gasteiger partial charge in [-0.15, -0.1) is 11.8 Å². The molecule has 0 bridgehead atoms. The molecular weight excluding hydrogens is 390 g/mol. The van der Waals surface area contributed by atoms with Gasteiger partial charge in [-0.05, 0) is 43.2 Å². The lowest BCUT2D eigenvalue weighted by Crippen LogP contribution is -2.78. The second kappa shape index (κ2) is 6.47. The Morgan fingerprint density at radius 3 is 2.48 bits per heavy atom. The SMILES string of the molecule is CC1(C)S[C@H]2N(C(=O)[C@]2(C)NC(=O)C(N)c2ccc3ccccc3c2)[C@H]1C(=O)O. The number of hydrogen-bond donors (Lipinski definition) is 3. The van der Waals surface area contributed by atoms with E-state index in [0.717, 1.165) is 10.8 Å². The van der Waals surface area contributed by atoms with Gasteiger partial charge in [0.2, 0.25) is 5.91 Å². The lowest BCUT2D eigenvalue weighted by Gasteiger charge is -2.51. The molecule has 2 aromatic carbocycles. The quantitative estimate of drug-likeness (QED) is 0.660. The molecule has 7 nitrogen and oxygen atoms in total. The molecule has 0 saturated carbocycles. The first-order valence-electron chi connectivity index (χ1n) is 9.36. The second-order valence-corrected chi connectivity index (χ2v) is 10.0. The third kappa shape index (κ3) is 2.89. The summed E-state index contributed by atoms with van der Waals surface area (Å²) in [7, 11) is 0. The highest BCUT2D eigenvalue weighted by atomic mass is 32.2. The Bertz CT molecular complexity index is 1040. The number of carbonyl (C=O) groups excluding carboxylic acids is 2. The van der Waals surface area contributed by atoms with E-state index in [1.807, 2.05) is 36.4 Å². The fourth-order valence-electron chi connectivity index (χ4n) is 4.22. The van der Waals surface area contributed by atoms with Crippen molar-refractivity contribution >= 4 is 40.3 Å². The zero-order valence-electron chi connectivity index (χ0n) is 16.4. The van der Waals surface area contributed by atoms with Crippen molar-refractivity contribution in [3.8, 4) is 0 Å². The molecule has 2 saturated heterocycles. The van der Waals surface area contributed by atoms with Gasteiger partial charge >= 0.3 is 5.97 Å². The van der Waals surface area contributed by atoms with Gasteiger partial charge in [0.25, 0.3) is 5.91 Å². The second-order valence-electron chi connectivity index (χ2n) is 8.30. The van der Waals surface area contributed by atoms with Crippen LogP contribution in [0.5, 0.6) is 0 Å². The lowest BCUT2D eigenvalue weighted by atomic mass is 9.85. The summed E-state index contributed by atoms with van der Waals surface area (Å²) < 4.78 is -0.658. The molecule has 29 heavy (non-hydrogen) atoms. The smallest absolute Gasteiger partial charge is 0.327 e. The molecule has 2 aromatic rings. The summed E-state index contributed by atoms with van der Waals surface area (Å²) in [6.45, 7) is 5.23. The number of carboxylic acids is 1. The summed E-state index contributed by atoms with van der Waals surface area (Å²) in [6.07, 6.45) is 0. The van der Waals surface area contributed by atoms with Crippen LogP contribution in [-0.2, 0) is 14.4 Å². The number of thioether (sulfide) groups is 1. The Morgan fingerprint density at radius 1 is 1.17 bits per heavy atom. The van der Waals surface area contributed by atoms with Crippen LogP contribution in [-0.4, -0.2) is 49.5 Å². The van der Waals surface area contributed by atoms with Crippen LogP contribution in [0.2, 0.25) is 0 Å². The van der Waals surface area contributed by atoms with Gasteiger partial charge in [-0.2, -0.15) is 0 Å². The minimum Gasteiger partial charge on any atom is -0.480 e. The summed E-state index contributed by atoms with van der Waals surface area (Å²) in [5.74, 6) is -1.90. The van der Waals surface area contributed by atoms with Gasteiger partial charge in [-0.1, -0.05) is 36.4 Å². The van der Waals surface area contributed by atoms with Crippen molar-refractivity contribution in [2.24, 2.45) is 5.73 Å². The molecule has 8 heteroatoms. The molecule has 4 rings (SSSR count). The highest BCUT2D eigenvalue weighted by molar-refractivity contribution is 8.01. The van der Waals surface area contributed by atoms with Gasteiger partial charge < -0.3 is 21.1 Å². The molecule has 0 spiro atoms. The average Bonchev–Trinajstić information content (AvgIpc) is 2.96. The number of benzene rings is 2. The van der Waals surface area contributed by atoms with Gasteiger partial charge in [0.15, 0.2) is 0 Å². The highest BCUT2D eigenvalue weighted by Gasteiger charge is 2.70. The van der Waals surface area contributed by atoms with E-state index >= 15 is 0 Å². The molecule has 1 unspecified atom stereocenters. The van der Waals surface area contributed by atoms with Gasteiger partial charge in [0.05, 0.1) is 0 Å². The van der Waals surface area contributed by atoms with E-state index in [-0.39, 0.29) is 0 Å². The van der Waals surface area contributed by atoms with E-state index in [0.29, 0.717) is 5.56 Å². The van der Waals surface area contributed by atoms with Crippen LogP contribution in [0.1, 0.15) is 32.4 Å². The molecular formula is C21H23N3O4S. The van der Waals surface area contributed by atoms with E-state index in [1.165, 1.54) is 16.7 Å². The predicted octanol–water partition coefficient (Wildman–Crippen LogP) is 1.86. The normalized spacial score (nSPS) is 28.6. The number of fused-ring (bicyclic) bond motifs is 2. The van der Waals surface area contributed by atoms with E-state index < -0.39 is 45.5 Å². The molecule has 4 atom stereocenters. The van der Waals surface area contributed by atoms with Crippen molar-refractivity contribution in [3.05, 3.63) is 48.0 Å². The van der Waals surface area contributed by atoms with Crippen molar-refractivity contribution < 1.29 is 19.5 Å². The van der Waals surface area contributed by atoms with Crippen molar-refractivity contribution in [1.29, 1.82) is 0 Å². The topological polar surface area (TPSA) is 113 Å². The van der Waals surface area contributed by atoms with Crippen LogP contribution in [0.25, 0.3) is 10.8 Å². The number of nitrogens with zero attached hydrogens (tertiary/aromatic N) is 1. The van der Waals surface area contributed by atoms with Crippen LogP contribution < -0.4 is 11.1 Å². The summed E-state index contributed by atoms with van der Waals surface area (Å²) >= 11 is 1.38. The summed E-state index contributed by atoms with van der Waals surface area (Å²) in [4.78, 5) is 38.7. The number of amides is 2. The molecule has 2 aliphatic rings. The van der Waals surface area contributed by atoms with E-state index in [4.69, 9.17) is 5.73 Å². The van der Waals surface area contributed by atoms with Crippen molar-refractivity contribution in [3.63, 3.8) is 0 Å². The van der Waals surface area contributed by atoms with Crippen molar-refractivity contribution in [2.45, 2.75) is 48.5 Å². The Morgan fingerprint density at radius 2 is 1.83 bits per heavy atom. The first-order valence-corrected chi connectivity index (χ1v) is 10.2. The van der Waals surface area contributed by atoms with E-state index in [2.05, 4.69) is 5.32 Å². The number of carbonyl (C=O) groups is 3. The van der Waals surface area contributed by atoms with Crippen LogP contribution in [0.15, 0.2) is 42.5 Å². The van der Waals surface area contributed by atoms with Gasteiger partial charge in [0, 0.05) is 4.75 Å². The zero-order valence-corrected chi connectivity index (χ0v) is 17.2. The number of aliphatic carboxylic acids is 1. The fraction of sp³-hybridized carbons (Fsp3) is 0.381. The summed E-state index contributed by atoms with van der Waals surface area (Å²) in [6, 6.07) is 11.5. The molecule has 2 heterocycles. The number of hydrogen-bond acceptors (Lipinski definition) is 5. The number of nitrogens with one attached hydrogen (secondary N) is 1. The summed E-state index contributed by atoms with van der Waals surface area (Å²) in [5.41, 5.74) is 5.66. The van der Waals surface area contributed by atoms with E-state index in [9.17, 15) is 19.5 Å². The first kappa shape index (κ1) is 19.7. The molecule has 2 aliphatic heterocycles. The molecule has 0 aliphatic carbocycles. The standard InChI is InChI=1S/C21H23N3O4S/c1-20(2)15(17(26)27)24-18(28)21(3,19(24)29-20)23-16(25)14(22)13-9-8-11-6-4-5-7-12(11)10-13/h4-10,14-15,19H,22H2,1-3H3,(H,23,25)(H,26,27)/t14?,15-,19+,21-/m0/s1. The molecule has 0 aromatic heterocycles. The molecule has 2 amide bonds. The van der Waals surface area contributed by atoms with Crippen molar-refractivity contribution in [2.75, 3.05) is 0 Å². The largest absolute Gasteiger partial charge is 0.480 e. The third-order valence-corrected chi connectivity index (χ3v) is 7.56. The van der Waals surface area contributed by atoms with Gasteiger partial charge in [-0.25, -0.2) is 4.79 Å². The Balaban J connectivity index is 1.55. The zero-order chi connectivity index (χ0) is 21.1.